The molecule has 0 radical (unpaired) electrons. The lowest BCUT2D eigenvalue weighted by atomic mass is 9.63. The quantitative estimate of drug-likeness (QED) is 0.520. The topological polar surface area (TPSA) is 17.1 Å². The molecule has 0 N–H and O–H groups in total. The summed E-state index contributed by atoms with van der Waals surface area (Å²) in [6, 6.07) is 0. The summed E-state index contributed by atoms with van der Waals surface area (Å²) in [6.07, 6.45) is 8.89. The van der Waals surface area contributed by atoms with Gasteiger partial charge in [0, 0.05) is 12.8 Å². The highest BCUT2D eigenvalue weighted by molar-refractivity contribution is 5.80. The lowest BCUT2D eigenvalue weighted by Crippen LogP contribution is -2.32. The van der Waals surface area contributed by atoms with Crippen LogP contribution in [0.25, 0.3) is 0 Å². The number of hydrogen-bond donors (Lipinski definition) is 0. The van der Waals surface area contributed by atoms with Gasteiger partial charge in [0.2, 0.25) is 0 Å². The molecule has 1 unspecified atom stereocenters. The molecule has 72 valence electrons. The van der Waals surface area contributed by atoms with E-state index in [9.17, 15) is 4.79 Å². The lowest BCUT2D eigenvalue weighted by Gasteiger charge is -2.41. The molecular formula is C12H18O. The van der Waals surface area contributed by atoms with Crippen LogP contribution in [0.3, 0.4) is 0 Å². The van der Waals surface area contributed by atoms with Crippen molar-refractivity contribution in [1.82, 2.24) is 0 Å². The Hall–Kier alpha value is -0.590. The summed E-state index contributed by atoms with van der Waals surface area (Å²) in [4.78, 5) is 11.4. The largest absolute Gasteiger partial charge is 0.300 e. The summed E-state index contributed by atoms with van der Waals surface area (Å²) < 4.78 is 0. The molecule has 2 aliphatic carbocycles. The highest BCUT2D eigenvalue weighted by Gasteiger charge is 2.38. The van der Waals surface area contributed by atoms with Gasteiger partial charge in [0.05, 0.1) is 0 Å². The fourth-order valence-corrected chi connectivity index (χ4v) is 2.94. The third kappa shape index (κ3) is 1.56. The van der Waals surface area contributed by atoms with E-state index in [2.05, 4.69) is 6.58 Å². The fourth-order valence-electron chi connectivity index (χ4n) is 2.94. The van der Waals surface area contributed by atoms with Crippen LogP contribution in [0.5, 0.6) is 0 Å². The summed E-state index contributed by atoms with van der Waals surface area (Å²) in [5.41, 5.74) is 1.61. The average Bonchev–Trinajstić information content (AvgIpc) is 2.11. The van der Waals surface area contributed by atoms with E-state index in [0.717, 1.165) is 25.7 Å². The number of allylic oxidation sites excluding steroid dienone is 1. The Morgan fingerprint density at radius 2 is 1.85 bits per heavy atom. The fraction of sp³-hybridized carbons (Fsp3) is 0.750. The van der Waals surface area contributed by atoms with E-state index in [-0.39, 0.29) is 5.41 Å². The first kappa shape index (κ1) is 8.98. The zero-order valence-corrected chi connectivity index (χ0v) is 8.27. The zero-order valence-electron chi connectivity index (χ0n) is 8.27. The van der Waals surface area contributed by atoms with Crippen LogP contribution in [-0.2, 0) is 4.79 Å². The van der Waals surface area contributed by atoms with Gasteiger partial charge in [-0.15, -0.1) is 0 Å². The Balaban J connectivity index is 2.16. The Morgan fingerprint density at radius 3 is 2.54 bits per heavy atom. The van der Waals surface area contributed by atoms with E-state index in [1.54, 1.807) is 0 Å². The van der Waals surface area contributed by atoms with Crippen molar-refractivity contribution >= 4 is 5.78 Å². The maximum Gasteiger partial charge on any atom is 0.133 e. The molecule has 1 spiro atoms. The van der Waals surface area contributed by atoms with Crippen LogP contribution in [0.4, 0.5) is 0 Å². The number of rotatable bonds is 0. The molecule has 0 amide bonds. The normalized spacial score (nSPS) is 35.4. The van der Waals surface area contributed by atoms with Crippen LogP contribution in [0.2, 0.25) is 0 Å². The first-order valence-corrected chi connectivity index (χ1v) is 5.43. The van der Waals surface area contributed by atoms with Crippen LogP contribution >= 0.6 is 0 Å². The van der Waals surface area contributed by atoms with Gasteiger partial charge in [-0.3, -0.25) is 4.79 Å². The molecule has 1 atom stereocenters. The minimum absolute atomic E-state index is 0.244. The summed E-state index contributed by atoms with van der Waals surface area (Å²) in [5.74, 6) is 0.467. The van der Waals surface area contributed by atoms with Crippen LogP contribution in [0, 0.1) is 5.41 Å². The van der Waals surface area contributed by atoms with Crippen LogP contribution in [0.1, 0.15) is 51.4 Å². The van der Waals surface area contributed by atoms with Gasteiger partial charge in [-0.2, -0.15) is 0 Å². The van der Waals surface area contributed by atoms with Gasteiger partial charge in [0.15, 0.2) is 0 Å². The van der Waals surface area contributed by atoms with Crippen molar-refractivity contribution in [2.24, 2.45) is 5.41 Å². The highest BCUT2D eigenvalue weighted by atomic mass is 16.1. The van der Waals surface area contributed by atoms with Gasteiger partial charge in [-0.1, -0.05) is 18.6 Å². The molecule has 0 aromatic carbocycles. The number of Topliss-reactive ketones (excluding diaryl/α,β-unsaturated/α-hetero) is 1. The van der Waals surface area contributed by atoms with Crippen molar-refractivity contribution in [2.45, 2.75) is 51.4 Å². The number of ketones is 1. The predicted octanol–water partition coefficient (Wildman–Crippen LogP) is 3.25. The van der Waals surface area contributed by atoms with Gasteiger partial charge in [0.25, 0.3) is 0 Å². The molecule has 0 aromatic rings. The lowest BCUT2D eigenvalue weighted by molar-refractivity contribution is -0.123. The van der Waals surface area contributed by atoms with E-state index in [1.807, 2.05) is 0 Å². The van der Waals surface area contributed by atoms with Crippen LogP contribution in [-0.4, -0.2) is 5.78 Å². The molecule has 2 fully saturated rings. The van der Waals surface area contributed by atoms with Crippen molar-refractivity contribution in [3.63, 3.8) is 0 Å². The van der Waals surface area contributed by atoms with Crippen molar-refractivity contribution in [3.05, 3.63) is 12.2 Å². The molecule has 0 bridgehead atoms. The SMILES string of the molecule is C=C1CCCCC12CCCC(=O)C2. The number of carbonyl (C=O) groups excluding carboxylic acids is 1. The third-order valence-corrected chi connectivity index (χ3v) is 3.78. The Bertz CT molecular complexity index is 238. The monoisotopic (exact) mass is 178 g/mol. The molecule has 0 heterocycles. The summed E-state index contributed by atoms with van der Waals surface area (Å²) in [7, 11) is 0. The Morgan fingerprint density at radius 1 is 1.08 bits per heavy atom. The Labute approximate surface area is 80.2 Å². The summed E-state index contributed by atoms with van der Waals surface area (Å²) >= 11 is 0. The van der Waals surface area contributed by atoms with Crippen molar-refractivity contribution < 1.29 is 4.79 Å². The summed E-state index contributed by atoms with van der Waals surface area (Å²) in [5, 5.41) is 0. The van der Waals surface area contributed by atoms with Crippen LogP contribution < -0.4 is 0 Å². The molecule has 0 saturated heterocycles. The second kappa shape index (κ2) is 3.28. The van der Waals surface area contributed by atoms with Gasteiger partial charge < -0.3 is 0 Å². The second-order valence-electron chi connectivity index (χ2n) is 4.66. The highest BCUT2D eigenvalue weighted by Crippen LogP contribution is 2.48. The minimum atomic E-state index is 0.244. The third-order valence-electron chi connectivity index (χ3n) is 3.78. The zero-order chi connectivity index (χ0) is 9.31. The predicted molar refractivity (Wildman–Crippen MR) is 53.5 cm³/mol. The number of carbonyl (C=O) groups is 1. The van der Waals surface area contributed by atoms with E-state index in [0.29, 0.717) is 5.78 Å². The minimum Gasteiger partial charge on any atom is -0.300 e. The van der Waals surface area contributed by atoms with Gasteiger partial charge in [-0.05, 0) is 37.5 Å². The van der Waals surface area contributed by atoms with E-state index < -0.39 is 0 Å². The molecule has 0 aromatic heterocycles. The summed E-state index contributed by atoms with van der Waals surface area (Å²) in [6.45, 7) is 4.17. The molecule has 13 heavy (non-hydrogen) atoms. The van der Waals surface area contributed by atoms with E-state index in [4.69, 9.17) is 0 Å². The van der Waals surface area contributed by atoms with Crippen LogP contribution in [0.15, 0.2) is 12.2 Å². The van der Waals surface area contributed by atoms with E-state index in [1.165, 1.54) is 31.3 Å². The maximum absolute atomic E-state index is 11.4. The first-order valence-electron chi connectivity index (χ1n) is 5.43. The van der Waals surface area contributed by atoms with Crippen molar-refractivity contribution in [1.29, 1.82) is 0 Å². The molecule has 1 heteroatoms. The molecule has 2 aliphatic rings. The first-order chi connectivity index (χ1) is 6.23. The number of hydrogen-bond acceptors (Lipinski definition) is 1. The van der Waals surface area contributed by atoms with Gasteiger partial charge in [0.1, 0.15) is 5.78 Å². The van der Waals surface area contributed by atoms with Crippen molar-refractivity contribution in [2.75, 3.05) is 0 Å². The second-order valence-corrected chi connectivity index (χ2v) is 4.66. The van der Waals surface area contributed by atoms with E-state index >= 15 is 0 Å². The van der Waals surface area contributed by atoms with Gasteiger partial charge in [-0.25, -0.2) is 0 Å². The Kier molecular flexibility index (Phi) is 2.27. The average molecular weight is 178 g/mol. The molecule has 1 nitrogen and oxygen atoms in total. The smallest absolute Gasteiger partial charge is 0.133 e. The molecule has 0 aliphatic heterocycles. The van der Waals surface area contributed by atoms with Gasteiger partial charge >= 0.3 is 0 Å². The molecule has 2 rings (SSSR count). The molecule has 2 saturated carbocycles. The molecular weight excluding hydrogens is 160 g/mol. The standard InChI is InChI=1S/C12H18O/c1-10-5-2-3-7-12(10)8-4-6-11(13)9-12/h1-9H2. The maximum atomic E-state index is 11.4. The van der Waals surface area contributed by atoms with Crippen molar-refractivity contribution in [3.8, 4) is 0 Å².